The average Bonchev–Trinajstić information content (AvgIpc) is 2.93. The van der Waals surface area contributed by atoms with Crippen LogP contribution < -0.4 is 14.8 Å². The second-order valence-corrected chi connectivity index (χ2v) is 10.2. The maximum Gasteiger partial charge on any atom is 0.244 e. The van der Waals surface area contributed by atoms with Crippen molar-refractivity contribution in [1.82, 2.24) is 10.2 Å². The molecule has 6 heteroatoms. The Balaban J connectivity index is 1.31. The van der Waals surface area contributed by atoms with Gasteiger partial charge in [-0.1, -0.05) is 54.6 Å². The molecule has 1 fully saturated rings. The summed E-state index contributed by atoms with van der Waals surface area (Å²) in [6, 6.07) is 22.7. The predicted octanol–water partition coefficient (Wildman–Crippen LogP) is 6.03. The molecule has 3 aromatic rings. The van der Waals surface area contributed by atoms with Crippen LogP contribution >= 0.6 is 0 Å². The van der Waals surface area contributed by atoms with Crippen molar-refractivity contribution in [2.45, 2.75) is 50.3 Å². The number of halogens is 1. The standard InChI is InChI=1S/C32H37FN2O3/c1-35(2)32(22-26-11-7-8-12-28(26)33)19-17-27(18-20-32)34-31(36)16-14-24-13-15-29(30(21-24)37-3)38-23-25-9-5-4-6-10-25/h4-16,21,27H,17-20,22-23H2,1-3H3,(H,34,36)/b16-14+. The molecular weight excluding hydrogens is 479 g/mol. The minimum absolute atomic E-state index is 0.101. The van der Waals surface area contributed by atoms with Gasteiger partial charge in [-0.3, -0.25) is 4.79 Å². The van der Waals surface area contributed by atoms with Gasteiger partial charge in [0.1, 0.15) is 12.4 Å². The highest BCUT2D eigenvalue weighted by Crippen LogP contribution is 2.36. The number of methoxy groups -OCH3 is 1. The lowest BCUT2D eigenvalue weighted by Crippen LogP contribution is -2.52. The van der Waals surface area contributed by atoms with Gasteiger partial charge in [-0.25, -0.2) is 4.39 Å². The summed E-state index contributed by atoms with van der Waals surface area (Å²) >= 11 is 0. The maximum atomic E-state index is 14.3. The summed E-state index contributed by atoms with van der Waals surface area (Å²) in [6.07, 6.45) is 7.51. The zero-order chi connectivity index (χ0) is 27.0. The highest BCUT2D eigenvalue weighted by molar-refractivity contribution is 5.92. The summed E-state index contributed by atoms with van der Waals surface area (Å²) in [6.45, 7) is 0.450. The normalized spacial score (nSPS) is 19.4. The molecule has 3 aromatic carbocycles. The second kappa shape index (κ2) is 12.7. The van der Waals surface area contributed by atoms with E-state index in [2.05, 4.69) is 24.3 Å². The maximum absolute atomic E-state index is 14.3. The predicted molar refractivity (Wildman–Crippen MR) is 150 cm³/mol. The third kappa shape index (κ3) is 7.01. The number of rotatable bonds is 10. The summed E-state index contributed by atoms with van der Waals surface area (Å²) in [5, 5.41) is 3.15. The molecule has 200 valence electrons. The van der Waals surface area contributed by atoms with Crippen LogP contribution in [0.15, 0.2) is 78.9 Å². The Bertz CT molecular complexity index is 1230. The molecule has 0 atom stereocenters. The highest BCUT2D eigenvalue weighted by atomic mass is 19.1. The van der Waals surface area contributed by atoms with Gasteiger partial charge in [0, 0.05) is 17.7 Å². The molecule has 0 aromatic heterocycles. The number of ether oxygens (including phenoxy) is 2. The van der Waals surface area contributed by atoms with Crippen LogP contribution in [0.25, 0.3) is 6.08 Å². The molecule has 1 saturated carbocycles. The number of nitrogens with one attached hydrogen (secondary N) is 1. The van der Waals surface area contributed by atoms with Crippen molar-refractivity contribution in [2.24, 2.45) is 0 Å². The van der Waals surface area contributed by atoms with E-state index in [0.29, 0.717) is 24.5 Å². The molecule has 0 unspecified atom stereocenters. The molecule has 0 saturated heterocycles. The van der Waals surface area contributed by atoms with Crippen LogP contribution in [0.5, 0.6) is 11.5 Å². The minimum atomic E-state index is -0.151. The molecule has 0 aliphatic heterocycles. The Morgan fingerprint density at radius 2 is 1.74 bits per heavy atom. The van der Waals surface area contributed by atoms with Crippen LogP contribution in [0.4, 0.5) is 4.39 Å². The average molecular weight is 517 g/mol. The molecule has 0 heterocycles. The van der Waals surface area contributed by atoms with E-state index in [1.165, 1.54) is 6.07 Å². The molecule has 1 aliphatic carbocycles. The number of carbonyl (C=O) groups is 1. The van der Waals surface area contributed by atoms with E-state index in [-0.39, 0.29) is 23.3 Å². The van der Waals surface area contributed by atoms with Crippen molar-refractivity contribution in [1.29, 1.82) is 0 Å². The molecule has 0 bridgehead atoms. The van der Waals surface area contributed by atoms with Crippen molar-refractivity contribution in [3.8, 4) is 11.5 Å². The largest absolute Gasteiger partial charge is 0.493 e. The van der Waals surface area contributed by atoms with Gasteiger partial charge in [0.15, 0.2) is 11.5 Å². The molecule has 4 rings (SSSR count). The van der Waals surface area contributed by atoms with E-state index in [1.807, 2.05) is 60.7 Å². The Hall–Kier alpha value is -3.64. The first-order valence-corrected chi connectivity index (χ1v) is 13.1. The lowest BCUT2D eigenvalue weighted by atomic mass is 9.74. The Morgan fingerprint density at radius 3 is 2.42 bits per heavy atom. The van der Waals surface area contributed by atoms with E-state index in [4.69, 9.17) is 9.47 Å². The first kappa shape index (κ1) is 27.4. The number of amides is 1. The quantitative estimate of drug-likeness (QED) is 0.335. The minimum Gasteiger partial charge on any atom is -0.493 e. The number of hydrogen-bond acceptors (Lipinski definition) is 4. The summed E-state index contributed by atoms with van der Waals surface area (Å²) in [4.78, 5) is 14.9. The van der Waals surface area contributed by atoms with E-state index < -0.39 is 0 Å². The summed E-state index contributed by atoms with van der Waals surface area (Å²) < 4.78 is 25.8. The first-order chi connectivity index (χ1) is 18.4. The van der Waals surface area contributed by atoms with E-state index in [1.54, 1.807) is 25.3 Å². The van der Waals surface area contributed by atoms with Crippen LogP contribution in [0.3, 0.4) is 0 Å². The second-order valence-electron chi connectivity index (χ2n) is 10.2. The first-order valence-electron chi connectivity index (χ1n) is 13.1. The van der Waals surface area contributed by atoms with Gasteiger partial charge in [0.25, 0.3) is 0 Å². The molecule has 1 aliphatic rings. The van der Waals surface area contributed by atoms with Crippen molar-refractivity contribution < 1.29 is 18.7 Å². The van der Waals surface area contributed by atoms with Crippen LogP contribution in [0.1, 0.15) is 42.4 Å². The van der Waals surface area contributed by atoms with Crippen LogP contribution in [-0.2, 0) is 17.8 Å². The smallest absolute Gasteiger partial charge is 0.244 e. The van der Waals surface area contributed by atoms with Crippen molar-refractivity contribution in [2.75, 3.05) is 21.2 Å². The van der Waals surface area contributed by atoms with Gasteiger partial charge in [-0.15, -0.1) is 0 Å². The topological polar surface area (TPSA) is 50.8 Å². The lowest BCUT2D eigenvalue weighted by Gasteiger charge is -2.45. The Morgan fingerprint density at radius 1 is 1.03 bits per heavy atom. The number of likely N-dealkylation sites (N-methyl/N-ethyl adjacent to an activating group) is 1. The van der Waals surface area contributed by atoms with Crippen molar-refractivity contribution in [3.05, 3.63) is 101 Å². The molecule has 5 nitrogen and oxygen atoms in total. The molecule has 0 radical (unpaired) electrons. The van der Waals surface area contributed by atoms with E-state index in [9.17, 15) is 9.18 Å². The third-order valence-electron chi connectivity index (χ3n) is 7.54. The fourth-order valence-electron chi connectivity index (χ4n) is 5.14. The van der Waals surface area contributed by atoms with Crippen LogP contribution in [-0.4, -0.2) is 43.6 Å². The van der Waals surface area contributed by atoms with Gasteiger partial charge >= 0.3 is 0 Å². The lowest BCUT2D eigenvalue weighted by molar-refractivity contribution is -0.117. The van der Waals surface area contributed by atoms with E-state index in [0.717, 1.165) is 42.4 Å². The number of carbonyl (C=O) groups excluding carboxylic acids is 1. The van der Waals surface area contributed by atoms with Gasteiger partial charge in [-0.2, -0.15) is 0 Å². The Labute approximate surface area is 225 Å². The summed E-state index contributed by atoms with van der Waals surface area (Å²) in [5.74, 6) is 0.997. The van der Waals surface area contributed by atoms with Gasteiger partial charge in [-0.05, 0) is 87.2 Å². The third-order valence-corrected chi connectivity index (χ3v) is 7.54. The van der Waals surface area contributed by atoms with Gasteiger partial charge in [0.2, 0.25) is 5.91 Å². The summed E-state index contributed by atoms with van der Waals surface area (Å²) in [5.41, 5.74) is 2.57. The zero-order valence-corrected chi connectivity index (χ0v) is 22.5. The molecule has 1 N–H and O–H groups in total. The highest BCUT2D eigenvalue weighted by Gasteiger charge is 2.38. The Kier molecular flexibility index (Phi) is 9.19. The SMILES string of the molecule is COc1cc(/C=C/C(=O)NC2CCC(Cc3ccccc3F)(N(C)C)CC2)ccc1OCc1ccccc1. The van der Waals surface area contributed by atoms with Crippen LogP contribution in [0, 0.1) is 5.82 Å². The van der Waals surface area contributed by atoms with Crippen molar-refractivity contribution >= 4 is 12.0 Å². The fourth-order valence-corrected chi connectivity index (χ4v) is 5.14. The molecule has 38 heavy (non-hydrogen) atoms. The van der Waals surface area contributed by atoms with E-state index >= 15 is 0 Å². The van der Waals surface area contributed by atoms with Gasteiger partial charge in [0.05, 0.1) is 7.11 Å². The van der Waals surface area contributed by atoms with Crippen LogP contribution in [0.2, 0.25) is 0 Å². The fraction of sp³-hybridized carbons (Fsp3) is 0.344. The number of benzene rings is 3. The molecular formula is C32H37FN2O3. The number of nitrogens with zero attached hydrogens (tertiary/aromatic N) is 1. The number of hydrogen-bond donors (Lipinski definition) is 1. The summed E-state index contributed by atoms with van der Waals surface area (Å²) in [7, 11) is 5.73. The molecule has 1 amide bonds. The zero-order valence-electron chi connectivity index (χ0n) is 22.5. The van der Waals surface area contributed by atoms with Crippen molar-refractivity contribution in [3.63, 3.8) is 0 Å². The molecule has 0 spiro atoms. The monoisotopic (exact) mass is 516 g/mol. The van der Waals surface area contributed by atoms with Gasteiger partial charge < -0.3 is 19.7 Å².